The average Bonchev–Trinajstić information content (AvgIpc) is 3.24. The molecule has 0 radical (unpaired) electrons. The number of benzene rings is 1. The monoisotopic (exact) mass is 461 g/mol. The number of rotatable bonds is 4. The van der Waals surface area contributed by atoms with Gasteiger partial charge in [0.15, 0.2) is 0 Å². The minimum atomic E-state index is 0.0813. The van der Waals surface area contributed by atoms with Gasteiger partial charge < -0.3 is 19.2 Å². The first-order valence-corrected chi connectivity index (χ1v) is 13.0. The maximum atomic E-state index is 12.5. The fourth-order valence-corrected chi connectivity index (χ4v) is 6.18. The minimum Gasteiger partial charge on any atom is -0.381 e. The Morgan fingerprint density at radius 1 is 1.03 bits per heavy atom. The summed E-state index contributed by atoms with van der Waals surface area (Å²) in [5.74, 6) is 1.01. The molecule has 1 N–H and O–H groups in total. The molecule has 0 spiro atoms. The highest BCUT2D eigenvalue weighted by molar-refractivity contribution is 5.92. The number of nitrogens with one attached hydrogen (secondary N) is 1. The number of hydrogen-bond donors (Lipinski definition) is 1. The third-order valence-corrected chi connectivity index (χ3v) is 8.31. The lowest BCUT2D eigenvalue weighted by Gasteiger charge is -2.39. The van der Waals surface area contributed by atoms with E-state index in [1.165, 1.54) is 60.8 Å². The molecule has 34 heavy (non-hydrogen) atoms. The summed E-state index contributed by atoms with van der Waals surface area (Å²) in [6.07, 6.45) is 4.83. The number of nitrogens with zero attached hydrogens (tertiary/aromatic N) is 2. The highest BCUT2D eigenvalue weighted by Crippen LogP contribution is 2.39. The van der Waals surface area contributed by atoms with Crippen LogP contribution >= 0.6 is 0 Å². The minimum absolute atomic E-state index is 0.0813. The van der Waals surface area contributed by atoms with Gasteiger partial charge in [-0.05, 0) is 93.8 Å². The summed E-state index contributed by atoms with van der Waals surface area (Å²) in [5.41, 5.74) is 8.18. The third-order valence-electron chi connectivity index (χ3n) is 8.31. The molecule has 3 aromatic rings. The lowest BCUT2D eigenvalue weighted by molar-refractivity contribution is 0.0252. The van der Waals surface area contributed by atoms with Crippen LogP contribution in [-0.2, 0) is 11.8 Å². The molecule has 4 heterocycles. The van der Waals surface area contributed by atoms with E-state index in [-0.39, 0.29) is 5.56 Å². The van der Waals surface area contributed by atoms with Gasteiger partial charge in [-0.15, -0.1) is 0 Å². The van der Waals surface area contributed by atoms with Crippen LogP contribution in [0.3, 0.4) is 0 Å². The van der Waals surface area contributed by atoms with E-state index in [2.05, 4.69) is 48.0 Å². The molecule has 2 aromatic heterocycles. The van der Waals surface area contributed by atoms with Gasteiger partial charge in [0.05, 0.1) is 5.69 Å². The van der Waals surface area contributed by atoms with Crippen LogP contribution in [0.25, 0.3) is 22.2 Å². The summed E-state index contributed by atoms with van der Waals surface area (Å²) >= 11 is 0. The van der Waals surface area contributed by atoms with Crippen LogP contribution in [0.5, 0.6) is 0 Å². The third kappa shape index (κ3) is 4.14. The molecule has 2 aliphatic heterocycles. The van der Waals surface area contributed by atoms with Crippen molar-refractivity contribution in [1.82, 2.24) is 14.5 Å². The van der Waals surface area contributed by atoms with Crippen molar-refractivity contribution < 1.29 is 4.74 Å². The molecule has 182 valence electrons. The fourth-order valence-electron chi connectivity index (χ4n) is 6.18. The van der Waals surface area contributed by atoms with Crippen LogP contribution in [-0.4, -0.2) is 46.8 Å². The topological polar surface area (TPSA) is 50.3 Å². The van der Waals surface area contributed by atoms with Gasteiger partial charge in [0.1, 0.15) is 0 Å². The predicted octanol–water partition coefficient (Wildman–Crippen LogP) is 5.63. The van der Waals surface area contributed by atoms with Crippen LogP contribution in [0.2, 0.25) is 0 Å². The van der Waals surface area contributed by atoms with Crippen molar-refractivity contribution in [3.8, 4) is 11.3 Å². The van der Waals surface area contributed by atoms with Gasteiger partial charge in [-0.1, -0.05) is 19.9 Å². The lowest BCUT2D eigenvalue weighted by atomic mass is 9.86. The molecule has 2 aliphatic rings. The zero-order chi connectivity index (χ0) is 24.0. The molecule has 0 atom stereocenters. The van der Waals surface area contributed by atoms with Crippen molar-refractivity contribution in [2.24, 2.45) is 7.05 Å². The van der Waals surface area contributed by atoms with E-state index in [4.69, 9.17) is 4.74 Å². The van der Waals surface area contributed by atoms with Crippen molar-refractivity contribution in [2.45, 2.75) is 71.3 Å². The second kappa shape index (κ2) is 9.35. The van der Waals surface area contributed by atoms with E-state index >= 15 is 0 Å². The quantitative estimate of drug-likeness (QED) is 0.548. The number of piperidine rings is 1. The van der Waals surface area contributed by atoms with Gasteiger partial charge in [0, 0.05) is 54.0 Å². The molecule has 2 saturated heterocycles. The highest BCUT2D eigenvalue weighted by Gasteiger charge is 2.28. The zero-order valence-corrected chi connectivity index (χ0v) is 21.4. The Kier molecular flexibility index (Phi) is 6.43. The maximum absolute atomic E-state index is 12.5. The molecule has 0 amide bonds. The predicted molar refractivity (Wildman–Crippen MR) is 140 cm³/mol. The van der Waals surface area contributed by atoms with Crippen LogP contribution in [0.1, 0.15) is 73.8 Å². The molecule has 0 aliphatic carbocycles. The number of aryl methyl sites for hydroxylation is 1. The molecule has 0 bridgehead atoms. The van der Waals surface area contributed by atoms with Gasteiger partial charge in [0.25, 0.3) is 5.56 Å². The lowest BCUT2D eigenvalue weighted by Crippen LogP contribution is -2.43. The normalized spacial score (nSPS) is 18.9. The number of hydrogen-bond acceptors (Lipinski definition) is 3. The Morgan fingerprint density at radius 2 is 1.74 bits per heavy atom. The van der Waals surface area contributed by atoms with E-state index in [9.17, 15) is 4.79 Å². The number of H-pyrrole nitrogens is 1. The second-order valence-corrected chi connectivity index (χ2v) is 10.7. The Balaban J connectivity index is 1.47. The Bertz CT molecular complexity index is 1240. The van der Waals surface area contributed by atoms with E-state index in [0.717, 1.165) is 35.7 Å². The Morgan fingerprint density at radius 3 is 2.41 bits per heavy atom. The van der Waals surface area contributed by atoms with E-state index < -0.39 is 0 Å². The number of aromatic nitrogens is 2. The van der Waals surface area contributed by atoms with Crippen LogP contribution < -0.4 is 5.56 Å². The molecule has 0 saturated carbocycles. The summed E-state index contributed by atoms with van der Waals surface area (Å²) in [6, 6.07) is 9.82. The van der Waals surface area contributed by atoms with Gasteiger partial charge in [-0.3, -0.25) is 4.79 Å². The van der Waals surface area contributed by atoms with Crippen molar-refractivity contribution in [3.63, 3.8) is 0 Å². The van der Waals surface area contributed by atoms with Gasteiger partial charge in [-0.2, -0.15) is 0 Å². The van der Waals surface area contributed by atoms with Gasteiger partial charge in [-0.25, -0.2) is 0 Å². The number of ether oxygens (including phenoxy) is 1. The van der Waals surface area contributed by atoms with Crippen molar-refractivity contribution in [2.75, 3.05) is 26.3 Å². The van der Waals surface area contributed by atoms with Crippen LogP contribution in [0.15, 0.2) is 29.1 Å². The maximum Gasteiger partial charge on any atom is 0.253 e. The van der Waals surface area contributed by atoms with Crippen LogP contribution in [0.4, 0.5) is 0 Å². The largest absolute Gasteiger partial charge is 0.381 e. The Labute approximate surface area is 203 Å². The Hall–Kier alpha value is -2.37. The average molecular weight is 462 g/mol. The summed E-state index contributed by atoms with van der Waals surface area (Å²) in [7, 11) is 1.87. The van der Waals surface area contributed by atoms with E-state index in [0.29, 0.717) is 17.9 Å². The number of likely N-dealkylation sites (tertiary alicyclic amines) is 1. The second-order valence-electron chi connectivity index (χ2n) is 10.7. The molecule has 2 fully saturated rings. The number of aromatic amines is 1. The first kappa shape index (κ1) is 23.4. The fraction of sp³-hybridized carbons (Fsp3) is 0.552. The van der Waals surface area contributed by atoms with Gasteiger partial charge in [0.2, 0.25) is 0 Å². The molecule has 5 nitrogen and oxygen atoms in total. The zero-order valence-electron chi connectivity index (χ0n) is 21.4. The van der Waals surface area contributed by atoms with Crippen molar-refractivity contribution in [3.05, 3.63) is 57.0 Å². The first-order valence-electron chi connectivity index (χ1n) is 13.0. The summed E-state index contributed by atoms with van der Waals surface area (Å²) < 4.78 is 7.34. The highest BCUT2D eigenvalue weighted by atomic mass is 16.5. The number of fused-ring (bicyclic) bond motifs is 1. The standard InChI is InChI=1S/C29H39N3O2/c1-18(2)27-25-17-22(21-8-12-32(13-9-21)23-10-14-34-15-11-23)6-7-26(25)30-28(27)24-16-19(3)29(33)31(5)20(24)4/h6-7,16-18,21,23,30H,8-15H2,1-5H3. The van der Waals surface area contributed by atoms with E-state index in [1.807, 2.05) is 20.9 Å². The molecule has 5 heteroatoms. The molecular weight excluding hydrogens is 422 g/mol. The summed E-state index contributed by atoms with van der Waals surface area (Å²) in [6.45, 7) is 12.7. The molecular formula is C29H39N3O2. The van der Waals surface area contributed by atoms with Crippen molar-refractivity contribution >= 4 is 10.9 Å². The summed E-state index contributed by atoms with van der Waals surface area (Å²) in [5, 5.41) is 1.33. The molecule has 1 aromatic carbocycles. The van der Waals surface area contributed by atoms with Crippen molar-refractivity contribution in [1.29, 1.82) is 0 Å². The first-order chi connectivity index (χ1) is 16.3. The van der Waals surface area contributed by atoms with Crippen LogP contribution in [0, 0.1) is 13.8 Å². The smallest absolute Gasteiger partial charge is 0.253 e. The van der Waals surface area contributed by atoms with Gasteiger partial charge >= 0.3 is 0 Å². The summed E-state index contributed by atoms with van der Waals surface area (Å²) in [4.78, 5) is 18.9. The number of pyridine rings is 1. The molecule has 5 rings (SSSR count). The van der Waals surface area contributed by atoms with E-state index in [1.54, 1.807) is 4.57 Å². The molecule has 0 unspecified atom stereocenters. The SMILES string of the molecule is Cc1cc(-c2[nH]c3ccc(C4CCN(C5CCOCC5)CC4)cc3c2C(C)C)c(C)n(C)c1=O.